The van der Waals surface area contributed by atoms with Gasteiger partial charge in [0.2, 0.25) is 5.91 Å². The maximum atomic E-state index is 11.6. The molecule has 1 aliphatic heterocycles. The highest BCUT2D eigenvalue weighted by atomic mass is 16.2. The van der Waals surface area contributed by atoms with Crippen molar-refractivity contribution in [2.75, 3.05) is 0 Å². The molecule has 0 radical (unpaired) electrons. The predicted octanol–water partition coefficient (Wildman–Crippen LogP) is 2.18. The average molecular weight is 221 g/mol. The lowest BCUT2D eigenvalue weighted by molar-refractivity contribution is -0.124. The topological polar surface area (TPSA) is 46.2 Å². The maximum absolute atomic E-state index is 11.6. The summed E-state index contributed by atoms with van der Waals surface area (Å²) >= 11 is 0. The molecular weight excluding hydrogens is 202 g/mol. The monoisotopic (exact) mass is 221 g/mol. The number of carbonyl (C=O) groups excluding carboxylic acids is 2. The lowest BCUT2D eigenvalue weighted by Gasteiger charge is -2.36. The first-order valence-electron chi connectivity index (χ1n) is 5.95. The van der Waals surface area contributed by atoms with Crippen LogP contribution in [0.3, 0.4) is 0 Å². The third-order valence-electron chi connectivity index (χ3n) is 3.78. The van der Waals surface area contributed by atoms with E-state index < -0.39 is 0 Å². The van der Waals surface area contributed by atoms with Crippen LogP contribution in [-0.4, -0.2) is 11.8 Å². The molecule has 1 atom stereocenters. The highest BCUT2D eigenvalue weighted by Crippen LogP contribution is 2.43. The molecule has 2 amide bonds. The summed E-state index contributed by atoms with van der Waals surface area (Å²) in [5.41, 5.74) is 2.32. The first kappa shape index (κ1) is 11.4. The smallest absolute Gasteiger partial charge is 0.254 e. The van der Waals surface area contributed by atoms with Crippen molar-refractivity contribution in [1.29, 1.82) is 0 Å². The van der Waals surface area contributed by atoms with Gasteiger partial charge in [0.15, 0.2) is 0 Å². The van der Waals surface area contributed by atoms with E-state index in [9.17, 15) is 9.59 Å². The Labute approximate surface area is 96.3 Å². The van der Waals surface area contributed by atoms with E-state index in [-0.39, 0.29) is 11.8 Å². The Kier molecular flexibility index (Phi) is 2.64. The summed E-state index contributed by atoms with van der Waals surface area (Å²) in [7, 11) is 0. The highest BCUT2D eigenvalue weighted by molar-refractivity contribution is 6.13. The van der Waals surface area contributed by atoms with Crippen LogP contribution in [0, 0.1) is 11.3 Å². The zero-order valence-corrected chi connectivity index (χ0v) is 10.2. The van der Waals surface area contributed by atoms with E-state index in [1.807, 2.05) is 0 Å². The summed E-state index contributed by atoms with van der Waals surface area (Å²) in [6.45, 7) is 6.70. The van der Waals surface area contributed by atoms with Crippen LogP contribution in [0.15, 0.2) is 11.1 Å². The molecule has 0 aromatic rings. The van der Waals surface area contributed by atoms with Gasteiger partial charge in [-0.2, -0.15) is 0 Å². The quantitative estimate of drug-likeness (QED) is 0.503. The number of hydrogen-bond donors (Lipinski definition) is 1. The normalized spacial score (nSPS) is 34.1. The van der Waals surface area contributed by atoms with E-state index >= 15 is 0 Å². The van der Waals surface area contributed by atoms with Gasteiger partial charge in [0.1, 0.15) is 0 Å². The van der Waals surface area contributed by atoms with Crippen LogP contribution in [0.5, 0.6) is 0 Å². The SMILES string of the molecule is CC1CC(C)(C)CCC1=C1CC(=O)NC1=O. The molecule has 0 spiro atoms. The van der Waals surface area contributed by atoms with Gasteiger partial charge in [0.25, 0.3) is 5.91 Å². The van der Waals surface area contributed by atoms with E-state index in [2.05, 4.69) is 26.1 Å². The van der Waals surface area contributed by atoms with Crippen LogP contribution in [0.25, 0.3) is 0 Å². The van der Waals surface area contributed by atoms with Gasteiger partial charge < -0.3 is 0 Å². The summed E-state index contributed by atoms with van der Waals surface area (Å²) in [5.74, 6) is 0.117. The first-order chi connectivity index (χ1) is 7.39. The van der Waals surface area contributed by atoms with E-state index in [4.69, 9.17) is 0 Å². The summed E-state index contributed by atoms with van der Waals surface area (Å²) in [6, 6.07) is 0. The number of rotatable bonds is 0. The molecule has 88 valence electrons. The molecule has 1 aliphatic carbocycles. The lowest BCUT2D eigenvalue weighted by atomic mass is 9.69. The van der Waals surface area contributed by atoms with Crippen LogP contribution >= 0.6 is 0 Å². The molecule has 1 heterocycles. The van der Waals surface area contributed by atoms with E-state index in [0.29, 0.717) is 17.8 Å². The van der Waals surface area contributed by atoms with Crippen molar-refractivity contribution >= 4 is 11.8 Å². The van der Waals surface area contributed by atoms with Crippen molar-refractivity contribution in [3.8, 4) is 0 Å². The second-order valence-corrected chi connectivity index (χ2v) is 5.83. The standard InChI is InChI=1S/C13H19NO2/c1-8-7-13(2,3)5-4-9(8)10-6-11(15)14-12(10)16/h8H,4-7H2,1-3H3,(H,14,15,16). The predicted molar refractivity (Wildman–Crippen MR) is 61.6 cm³/mol. The van der Waals surface area contributed by atoms with E-state index in [1.54, 1.807) is 0 Å². The first-order valence-corrected chi connectivity index (χ1v) is 5.95. The molecule has 1 unspecified atom stereocenters. The zero-order valence-electron chi connectivity index (χ0n) is 10.2. The van der Waals surface area contributed by atoms with Gasteiger partial charge in [-0.25, -0.2) is 0 Å². The molecule has 0 aromatic heterocycles. The Hall–Kier alpha value is -1.12. The fraction of sp³-hybridized carbons (Fsp3) is 0.692. The van der Waals surface area contributed by atoms with Gasteiger partial charge >= 0.3 is 0 Å². The van der Waals surface area contributed by atoms with Gasteiger partial charge in [-0.1, -0.05) is 26.3 Å². The highest BCUT2D eigenvalue weighted by Gasteiger charge is 2.34. The molecule has 1 saturated heterocycles. The fourth-order valence-electron chi connectivity index (χ4n) is 2.97. The van der Waals surface area contributed by atoms with Gasteiger partial charge in [0, 0.05) is 5.57 Å². The minimum atomic E-state index is -0.161. The average Bonchev–Trinajstić information content (AvgIpc) is 2.43. The van der Waals surface area contributed by atoms with Crippen LogP contribution in [0.2, 0.25) is 0 Å². The van der Waals surface area contributed by atoms with Crippen molar-refractivity contribution < 1.29 is 9.59 Å². The molecule has 2 fully saturated rings. The molecular formula is C13H19NO2. The second kappa shape index (κ2) is 3.72. The number of carbonyl (C=O) groups is 2. The molecule has 3 heteroatoms. The number of allylic oxidation sites excluding steroid dienone is 1. The summed E-state index contributed by atoms with van der Waals surface area (Å²) in [6.07, 6.45) is 3.47. The number of imide groups is 1. The summed E-state index contributed by atoms with van der Waals surface area (Å²) in [5, 5.41) is 2.37. The summed E-state index contributed by atoms with van der Waals surface area (Å²) in [4.78, 5) is 22.8. The largest absolute Gasteiger partial charge is 0.292 e. The third kappa shape index (κ3) is 2.04. The van der Waals surface area contributed by atoms with E-state index in [0.717, 1.165) is 24.8 Å². The van der Waals surface area contributed by atoms with Crippen molar-refractivity contribution in [3.05, 3.63) is 11.1 Å². The molecule has 2 aliphatic rings. The van der Waals surface area contributed by atoms with Crippen molar-refractivity contribution in [3.63, 3.8) is 0 Å². The minimum absolute atomic E-state index is 0.149. The zero-order chi connectivity index (χ0) is 11.9. The molecule has 1 N–H and O–H groups in total. The molecule has 1 saturated carbocycles. The van der Waals surface area contributed by atoms with Crippen molar-refractivity contribution in [1.82, 2.24) is 5.32 Å². The number of nitrogens with one attached hydrogen (secondary N) is 1. The molecule has 16 heavy (non-hydrogen) atoms. The third-order valence-corrected chi connectivity index (χ3v) is 3.78. The Bertz CT molecular complexity index is 379. The van der Waals surface area contributed by atoms with Gasteiger partial charge in [-0.05, 0) is 30.6 Å². The van der Waals surface area contributed by atoms with Crippen molar-refractivity contribution in [2.45, 2.75) is 46.5 Å². The minimum Gasteiger partial charge on any atom is -0.292 e. The summed E-state index contributed by atoms with van der Waals surface area (Å²) < 4.78 is 0. The van der Waals surface area contributed by atoms with Crippen LogP contribution in [-0.2, 0) is 9.59 Å². The molecule has 0 bridgehead atoms. The van der Waals surface area contributed by atoms with Gasteiger partial charge in [-0.15, -0.1) is 0 Å². The maximum Gasteiger partial charge on any atom is 0.254 e. The Morgan fingerprint density at radius 2 is 2.00 bits per heavy atom. The molecule has 3 nitrogen and oxygen atoms in total. The van der Waals surface area contributed by atoms with Crippen LogP contribution < -0.4 is 5.32 Å². The van der Waals surface area contributed by atoms with Gasteiger partial charge in [-0.3, -0.25) is 14.9 Å². The van der Waals surface area contributed by atoms with Crippen LogP contribution in [0.1, 0.15) is 46.5 Å². The van der Waals surface area contributed by atoms with E-state index in [1.165, 1.54) is 5.57 Å². The Morgan fingerprint density at radius 3 is 2.50 bits per heavy atom. The number of amides is 2. The molecule has 2 rings (SSSR count). The molecule has 0 aromatic carbocycles. The van der Waals surface area contributed by atoms with Crippen molar-refractivity contribution in [2.24, 2.45) is 11.3 Å². The Balaban J connectivity index is 2.25. The van der Waals surface area contributed by atoms with Gasteiger partial charge in [0.05, 0.1) is 6.42 Å². The fourth-order valence-corrected chi connectivity index (χ4v) is 2.97. The second-order valence-electron chi connectivity index (χ2n) is 5.83. The number of hydrogen-bond acceptors (Lipinski definition) is 2. The van der Waals surface area contributed by atoms with Crippen LogP contribution in [0.4, 0.5) is 0 Å². The Morgan fingerprint density at radius 1 is 1.31 bits per heavy atom. The lowest BCUT2D eigenvalue weighted by Crippen LogP contribution is -2.25.